The Morgan fingerprint density at radius 1 is 0.860 bits per heavy atom. The lowest BCUT2D eigenvalue weighted by atomic mass is 9.81. The normalized spacial score (nSPS) is 24.9. The summed E-state index contributed by atoms with van der Waals surface area (Å²) in [6.07, 6.45) is 6.31. The number of aromatic nitrogens is 4. The van der Waals surface area contributed by atoms with Crippen LogP contribution < -0.4 is 15.5 Å². The molecule has 0 aliphatic carbocycles. The zero-order valence-corrected chi connectivity index (χ0v) is 25.3. The highest BCUT2D eigenvalue weighted by Gasteiger charge is 2.41. The molecule has 11 nitrogen and oxygen atoms in total. The van der Waals surface area contributed by atoms with Crippen LogP contribution >= 0.6 is 0 Å². The Hall–Kier alpha value is -2.99. The molecule has 1 aromatic carbocycles. The molecule has 230 valence electrons. The second kappa shape index (κ2) is 11.5. The van der Waals surface area contributed by atoms with Crippen molar-refractivity contribution in [1.82, 2.24) is 24.4 Å². The summed E-state index contributed by atoms with van der Waals surface area (Å²) < 4.78 is 20.1. The number of nitrogens with zero attached hydrogens (tertiary/aromatic N) is 6. The van der Waals surface area contributed by atoms with Crippen LogP contribution in [0.15, 0.2) is 24.3 Å². The minimum atomic E-state index is -0.615. The number of ether oxygens (including phenoxy) is 3. The van der Waals surface area contributed by atoms with Crippen molar-refractivity contribution in [2.45, 2.75) is 63.9 Å². The molecule has 1 unspecified atom stereocenters. The predicted molar refractivity (Wildman–Crippen MR) is 165 cm³/mol. The Labute approximate surface area is 253 Å². The highest BCUT2D eigenvalue weighted by atomic mass is 16.5. The maximum absolute atomic E-state index is 6.44. The molecule has 11 heteroatoms. The molecule has 43 heavy (non-hydrogen) atoms. The summed E-state index contributed by atoms with van der Waals surface area (Å²) in [4.78, 5) is 20.9. The molecule has 0 spiro atoms. The minimum absolute atomic E-state index is 0.0686. The van der Waals surface area contributed by atoms with Crippen molar-refractivity contribution in [2.75, 3.05) is 74.7 Å². The van der Waals surface area contributed by atoms with Crippen LogP contribution in [-0.2, 0) is 26.4 Å². The maximum Gasteiger partial charge on any atom is 0.179 e. The standard InChI is InChI=1S/C32H44N8O3/c1-2-32(36-24-7-3-4-8-25(24)37-32)31-34-29(39-12-17-42-18-13-39)28-30(35-31)40(27-9-5-6-14-43-27)26(33-28)21-38-19-23(20-38)22-10-15-41-16-11-22/h3-4,7-8,22-23,27,36-37H,2,5-6,9-21H2,1H3. The average Bonchev–Trinajstić information content (AvgIpc) is 3.62. The number of morpholine rings is 1. The first-order valence-electron chi connectivity index (χ1n) is 16.4. The summed E-state index contributed by atoms with van der Waals surface area (Å²) in [5.74, 6) is 4.22. The third-order valence-electron chi connectivity index (χ3n) is 10.2. The molecular weight excluding hydrogens is 544 g/mol. The van der Waals surface area contributed by atoms with Gasteiger partial charge in [-0.15, -0.1) is 0 Å². The minimum Gasteiger partial charge on any atom is -0.381 e. The molecule has 0 bridgehead atoms. The first-order chi connectivity index (χ1) is 21.2. The van der Waals surface area contributed by atoms with Gasteiger partial charge in [0.2, 0.25) is 0 Å². The maximum atomic E-state index is 6.44. The van der Waals surface area contributed by atoms with Gasteiger partial charge >= 0.3 is 0 Å². The third-order valence-corrected chi connectivity index (χ3v) is 10.2. The van der Waals surface area contributed by atoms with Crippen LogP contribution in [-0.4, -0.2) is 83.6 Å². The molecule has 0 radical (unpaired) electrons. The van der Waals surface area contributed by atoms with E-state index in [0.29, 0.717) is 13.2 Å². The van der Waals surface area contributed by atoms with Crippen molar-refractivity contribution >= 4 is 28.4 Å². The van der Waals surface area contributed by atoms with E-state index in [0.717, 1.165) is 130 Å². The van der Waals surface area contributed by atoms with E-state index in [4.69, 9.17) is 29.2 Å². The molecule has 1 atom stereocenters. The van der Waals surface area contributed by atoms with Crippen LogP contribution in [0.2, 0.25) is 0 Å². The van der Waals surface area contributed by atoms with Crippen molar-refractivity contribution in [1.29, 1.82) is 0 Å². The second-order valence-electron chi connectivity index (χ2n) is 12.8. The SMILES string of the molecule is CCC1(c2nc(N3CCOCC3)c3nc(CN4CC(C5CCOCC5)C4)n(C4CCCCO4)c3n2)Nc2ccccc2N1. The molecule has 4 fully saturated rings. The van der Waals surface area contributed by atoms with Gasteiger partial charge in [-0.2, -0.15) is 0 Å². The van der Waals surface area contributed by atoms with Gasteiger partial charge in [0.05, 0.1) is 31.1 Å². The van der Waals surface area contributed by atoms with Crippen molar-refractivity contribution in [3.05, 3.63) is 35.9 Å². The number of rotatable bonds is 7. The van der Waals surface area contributed by atoms with E-state index in [1.54, 1.807) is 0 Å². The van der Waals surface area contributed by atoms with Gasteiger partial charge in [0.25, 0.3) is 0 Å². The molecule has 0 saturated carbocycles. The number of imidazole rings is 1. The number of anilines is 3. The Morgan fingerprint density at radius 3 is 2.30 bits per heavy atom. The first-order valence-corrected chi connectivity index (χ1v) is 16.4. The van der Waals surface area contributed by atoms with Gasteiger partial charge in [0.15, 0.2) is 28.5 Å². The van der Waals surface area contributed by atoms with Crippen molar-refractivity contribution in [3.63, 3.8) is 0 Å². The van der Waals surface area contributed by atoms with Gasteiger partial charge in [-0.25, -0.2) is 15.0 Å². The van der Waals surface area contributed by atoms with Crippen molar-refractivity contribution in [2.24, 2.45) is 11.8 Å². The van der Waals surface area contributed by atoms with E-state index in [1.165, 1.54) is 12.8 Å². The number of nitrogens with one attached hydrogen (secondary N) is 2. The first kappa shape index (κ1) is 27.6. The lowest BCUT2D eigenvalue weighted by Gasteiger charge is -2.44. The molecular formula is C32H44N8O3. The third kappa shape index (κ3) is 5.04. The Balaban J connectivity index is 1.20. The van der Waals surface area contributed by atoms with E-state index in [2.05, 4.69) is 56.2 Å². The van der Waals surface area contributed by atoms with Gasteiger partial charge < -0.3 is 29.7 Å². The number of likely N-dealkylation sites (tertiary alicyclic amines) is 1. The average molecular weight is 589 g/mol. The van der Waals surface area contributed by atoms with E-state index < -0.39 is 5.66 Å². The molecule has 8 rings (SSSR count). The smallest absolute Gasteiger partial charge is 0.179 e. The van der Waals surface area contributed by atoms with Gasteiger partial charge in [-0.1, -0.05) is 19.1 Å². The van der Waals surface area contributed by atoms with Crippen LogP contribution in [0.25, 0.3) is 11.2 Å². The summed E-state index contributed by atoms with van der Waals surface area (Å²) in [5, 5.41) is 7.49. The summed E-state index contributed by atoms with van der Waals surface area (Å²) in [7, 11) is 0. The van der Waals surface area contributed by atoms with Crippen LogP contribution in [0, 0.1) is 11.8 Å². The zero-order chi connectivity index (χ0) is 28.8. The molecule has 3 aromatic rings. The summed E-state index contributed by atoms with van der Waals surface area (Å²) in [6, 6.07) is 8.35. The Kier molecular flexibility index (Phi) is 7.37. The zero-order valence-electron chi connectivity index (χ0n) is 25.3. The van der Waals surface area contributed by atoms with Crippen LogP contribution in [0.1, 0.15) is 63.3 Å². The quantitative estimate of drug-likeness (QED) is 0.415. The highest BCUT2D eigenvalue weighted by Crippen LogP contribution is 2.42. The van der Waals surface area contributed by atoms with Crippen molar-refractivity contribution in [3.8, 4) is 0 Å². The number of hydrogen-bond donors (Lipinski definition) is 2. The lowest BCUT2D eigenvalue weighted by molar-refractivity contribution is -0.0366. The van der Waals surface area contributed by atoms with Gasteiger partial charge in [0, 0.05) is 46.0 Å². The molecule has 5 aliphatic heterocycles. The Morgan fingerprint density at radius 2 is 1.60 bits per heavy atom. The van der Waals surface area contributed by atoms with Gasteiger partial charge in [0.1, 0.15) is 12.1 Å². The molecule has 5 aliphatic rings. The van der Waals surface area contributed by atoms with E-state index in [9.17, 15) is 0 Å². The fourth-order valence-electron chi connectivity index (χ4n) is 7.60. The molecule has 4 saturated heterocycles. The number of benzene rings is 1. The number of hydrogen-bond acceptors (Lipinski definition) is 10. The lowest BCUT2D eigenvalue weighted by Crippen LogP contribution is -2.50. The van der Waals surface area contributed by atoms with Gasteiger partial charge in [-0.3, -0.25) is 9.47 Å². The van der Waals surface area contributed by atoms with E-state index in [-0.39, 0.29) is 6.23 Å². The predicted octanol–water partition coefficient (Wildman–Crippen LogP) is 4.32. The van der Waals surface area contributed by atoms with Crippen LogP contribution in [0.3, 0.4) is 0 Å². The topological polar surface area (TPSA) is 102 Å². The second-order valence-corrected chi connectivity index (χ2v) is 12.8. The molecule has 7 heterocycles. The Bertz CT molecular complexity index is 1410. The summed E-state index contributed by atoms with van der Waals surface area (Å²) in [6.45, 7) is 10.8. The monoisotopic (exact) mass is 588 g/mol. The van der Waals surface area contributed by atoms with E-state index >= 15 is 0 Å². The van der Waals surface area contributed by atoms with Gasteiger partial charge in [-0.05, 0) is 62.5 Å². The van der Waals surface area contributed by atoms with E-state index in [1.807, 2.05) is 0 Å². The molecule has 0 amide bonds. The fraction of sp³-hybridized carbons (Fsp3) is 0.656. The summed E-state index contributed by atoms with van der Waals surface area (Å²) in [5.41, 5.74) is 3.28. The van der Waals surface area contributed by atoms with Crippen LogP contribution in [0.4, 0.5) is 17.2 Å². The van der Waals surface area contributed by atoms with Crippen LogP contribution in [0.5, 0.6) is 0 Å². The number of fused-ring (bicyclic) bond motifs is 2. The molecule has 2 aromatic heterocycles. The summed E-state index contributed by atoms with van der Waals surface area (Å²) >= 11 is 0. The largest absolute Gasteiger partial charge is 0.381 e. The fourth-order valence-corrected chi connectivity index (χ4v) is 7.60. The van der Waals surface area contributed by atoms with Crippen molar-refractivity contribution < 1.29 is 14.2 Å². The molecule has 2 N–H and O–H groups in total. The highest BCUT2D eigenvalue weighted by molar-refractivity contribution is 5.85. The number of para-hydroxylation sites is 2.